The molecule has 2 rings (SSSR count). The smallest absolute Gasteiger partial charge is 0.185 e. The first-order chi connectivity index (χ1) is 8.56. The highest BCUT2D eigenvalue weighted by Crippen LogP contribution is 2.29. The molecule has 0 unspecified atom stereocenters. The fourth-order valence-electron chi connectivity index (χ4n) is 1.86. The summed E-state index contributed by atoms with van der Waals surface area (Å²) in [6, 6.07) is 11.8. The maximum absolute atomic E-state index is 10.6. The summed E-state index contributed by atoms with van der Waals surface area (Å²) < 4.78 is 5.40. The third-order valence-electron chi connectivity index (χ3n) is 3.58. The number of furan rings is 1. The fourth-order valence-corrected chi connectivity index (χ4v) is 1.86. The van der Waals surface area contributed by atoms with Crippen molar-refractivity contribution in [2.45, 2.75) is 32.6 Å². The van der Waals surface area contributed by atoms with E-state index >= 15 is 0 Å². The predicted molar refractivity (Wildman–Crippen MR) is 72.8 cm³/mol. The maximum Gasteiger partial charge on any atom is 0.185 e. The molecule has 0 bridgehead atoms. The molecule has 0 fully saturated rings. The second kappa shape index (κ2) is 4.81. The van der Waals surface area contributed by atoms with Crippen LogP contribution in [0.15, 0.2) is 40.8 Å². The van der Waals surface area contributed by atoms with Crippen LogP contribution >= 0.6 is 0 Å². The summed E-state index contributed by atoms with van der Waals surface area (Å²) in [5, 5.41) is 0. The Morgan fingerprint density at radius 2 is 1.78 bits per heavy atom. The molecule has 18 heavy (non-hydrogen) atoms. The molecule has 2 heteroatoms. The molecule has 94 valence electrons. The molecule has 0 saturated heterocycles. The zero-order valence-corrected chi connectivity index (χ0v) is 11.1. The standard InChI is InChI=1S/C16H18O2/c1-4-16(2,3)13-7-5-12(6-8-13)15-10-9-14(11-17)18-15/h5-11H,4H2,1-3H3. The Labute approximate surface area is 108 Å². The van der Waals surface area contributed by atoms with Crippen molar-refractivity contribution in [2.24, 2.45) is 0 Å². The number of hydrogen-bond donors (Lipinski definition) is 0. The van der Waals surface area contributed by atoms with E-state index in [9.17, 15) is 4.79 Å². The molecule has 0 amide bonds. The minimum Gasteiger partial charge on any atom is -0.453 e. The minimum atomic E-state index is 0.190. The Balaban J connectivity index is 2.30. The third kappa shape index (κ3) is 2.37. The van der Waals surface area contributed by atoms with Gasteiger partial charge in [-0.1, -0.05) is 45.0 Å². The van der Waals surface area contributed by atoms with Crippen LogP contribution in [0.1, 0.15) is 43.3 Å². The molecular formula is C16H18O2. The van der Waals surface area contributed by atoms with Gasteiger partial charge in [-0.15, -0.1) is 0 Å². The van der Waals surface area contributed by atoms with Gasteiger partial charge in [0.2, 0.25) is 0 Å². The van der Waals surface area contributed by atoms with E-state index in [4.69, 9.17) is 4.42 Å². The summed E-state index contributed by atoms with van der Waals surface area (Å²) in [7, 11) is 0. The molecule has 0 saturated carbocycles. The quantitative estimate of drug-likeness (QED) is 0.741. The minimum absolute atomic E-state index is 0.190. The van der Waals surface area contributed by atoms with Crippen LogP contribution < -0.4 is 0 Å². The maximum atomic E-state index is 10.6. The highest BCUT2D eigenvalue weighted by atomic mass is 16.3. The summed E-state index contributed by atoms with van der Waals surface area (Å²) in [4.78, 5) is 10.6. The lowest BCUT2D eigenvalue weighted by molar-refractivity contribution is 0.110. The first kappa shape index (κ1) is 12.6. The van der Waals surface area contributed by atoms with Gasteiger partial charge >= 0.3 is 0 Å². The van der Waals surface area contributed by atoms with E-state index in [1.54, 1.807) is 6.07 Å². The molecule has 0 atom stereocenters. The van der Waals surface area contributed by atoms with Crippen LogP contribution in [0, 0.1) is 0 Å². The van der Waals surface area contributed by atoms with E-state index in [1.165, 1.54) is 5.56 Å². The Hall–Kier alpha value is -1.83. The van der Waals surface area contributed by atoms with Gasteiger partial charge < -0.3 is 4.42 Å². The van der Waals surface area contributed by atoms with E-state index in [-0.39, 0.29) is 5.41 Å². The van der Waals surface area contributed by atoms with Crippen LogP contribution in [0.25, 0.3) is 11.3 Å². The third-order valence-corrected chi connectivity index (χ3v) is 3.58. The van der Waals surface area contributed by atoms with Gasteiger partial charge in [-0.2, -0.15) is 0 Å². The number of aldehydes is 1. The van der Waals surface area contributed by atoms with Crippen molar-refractivity contribution in [3.63, 3.8) is 0 Å². The van der Waals surface area contributed by atoms with Gasteiger partial charge in [-0.3, -0.25) is 4.79 Å². The molecule has 1 aromatic heterocycles. The zero-order chi connectivity index (χ0) is 13.2. The average molecular weight is 242 g/mol. The van der Waals surface area contributed by atoms with Gasteiger partial charge in [0.05, 0.1) is 0 Å². The summed E-state index contributed by atoms with van der Waals surface area (Å²) in [6.45, 7) is 6.66. The Kier molecular flexibility index (Phi) is 3.37. The molecule has 0 aliphatic carbocycles. The van der Waals surface area contributed by atoms with Gasteiger partial charge in [-0.05, 0) is 29.5 Å². The van der Waals surface area contributed by atoms with Gasteiger partial charge in [0.15, 0.2) is 12.0 Å². The Morgan fingerprint density at radius 3 is 2.28 bits per heavy atom. The Morgan fingerprint density at radius 1 is 1.11 bits per heavy atom. The summed E-state index contributed by atoms with van der Waals surface area (Å²) >= 11 is 0. The van der Waals surface area contributed by atoms with Crippen molar-refractivity contribution in [3.8, 4) is 11.3 Å². The highest BCUT2D eigenvalue weighted by Gasteiger charge is 2.17. The summed E-state index contributed by atoms with van der Waals surface area (Å²) in [6.07, 6.45) is 1.82. The van der Waals surface area contributed by atoms with Crippen LogP contribution in [0.4, 0.5) is 0 Å². The van der Waals surface area contributed by atoms with Gasteiger partial charge in [0, 0.05) is 5.56 Å². The second-order valence-electron chi connectivity index (χ2n) is 5.13. The molecule has 0 aliphatic heterocycles. The van der Waals surface area contributed by atoms with E-state index in [2.05, 4.69) is 32.9 Å². The normalized spacial score (nSPS) is 11.5. The van der Waals surface area contributed by atoms with Crippen molar-refractivity contribution < 1.29 is 9.21 Å². The molecule has 2 aromatic rings. The fraction of sp³-hybridized carbons (Fsp3) is 0.312. The van der Waals surface area contributed by atoms with Gasteiger partial charge in [-0.25, -0.2) is 0 Å². The van der Waals surface area contributed by atoms with Crippen LogP contribution in [-0.2, 0) is 5.41 Å². The van der Waals surface area contributed by atoms with Crippen LogP contribution in [0.3, 0.4) is 0 Å². The summed E-state index contributed by atoms with van der Waals surface area (Å²) in [5.41, 5.74) is 2.50. The zero-order valence-electron chi connectivity index (χ0n) is 11.1. The van der Waals surface area contributed by atoms with Crippen molar-refractivity contribution >= 4 is 6.29 Å². The predicted octanol–water partition coefficient (Wildman–Crippen LogP) is 4.45. The number of carbonyl (C=O) groups excluding carboxylic acids is 1. The molecule has 0 radical (unpaired) electrons. The van der Waals surface area contributed by atoms with E-state index in [0.717, 1.165) is 24.0 Å². The lowest BCUT2D eigenvalue weighted by Gasteiger charge is -2.23. The molecular weight excluding hydrogens is 224 g/mol. The molecule has 0 aliphatic rings. The van der Waals surface area contributed by atoms with Crippen molar-refractivity contribution in [3.05, 3.63) is 47.7 Å². The number of hydrogen-bond acceptors (Lipinski definition) is 2. The van der Waals surface area contributed by atoms with Crippen LogP contribution in [0.2, 0.25) is 0 Å². The van der Waals surface area contributed by atoms with E-state index in [1.807, 2.05) is 18.2 Å². The monoisotopic (exact) mass is 242 g/mol. The van der Waals surface area contributed by atoms with Crippen LogP contribution in [0.5, 0.6) is 0 Å². The molecule has 1 heterocycles. The van der Waals surface area contributed by atoms with Gasteiger partial charge in [0.1, 0.15) is 5.76 Å². The molecule has 1 aromatic carbocycles. The summed E-state index contributed by atoms with van der Waals surface area (Å²) in [5.74, 6) is 1.10. The SMILES string of the molecule is CCC(C)(C)c1ccc(-c2ccc(C=O)o2)cc1. The second-order valence-corrected chi connectivity index (χ2v) is 5.13. The number of benzene rings is 1. The van der Waals surface area contributed by atoms with Crippen molar-refractivity contribution in [2.75, 3.05) is 0 Å². The van der Waals surface area contributed by atoms with E-state index < -0.39 is 0 Å². The van der Waals surface area contributed by atoms with Crippen LogP contribution in [-0.4, -0.2) is 6.29 Å². The highest BCUT2D eigenvalue weighted by molar-refractivity contribution is 5.72. The van der Waals surface area contributed by atoms with E-state index in [0.29, 0.717) is 5.76 Å². The number of rotatable bonds is 4. The average Bonchev–Trinajstić information content (AvgIpc) is 2.87. The molecule has 0 spiro atoms. The lowest BCUT2D eigenvalue weighted by Crippen LogP contribution is -2.14. The topological polar surface area (TPSA) is 30.2 Å². The molecule has 0 N–H and O–H groups in total. The first-order valence-electron chi connectivity index (χ1n) is 6.23. The lowest BCUT2D eigenvalue weighted by atomic mass is 9.82. The largest absolute Gasteiger partial charge is 0.453 e. The molecule has 2 nitrogen and oxygen atoms in total. The Bertz CT molecular complexity index is 532. The first-order valence-corrected chi connectivity index (χ1v) is 6.23. The van der Waals surface area contributed by atoms with Crippen molar-refractivity contribution in [1.29, 1.82) is 0 Å². The van der Waals surface area contributed by atoms with Gasteiger partial charge in [0.25, 0.3) is 0 Å². The van der Waals surface area contributed by atoms with Crippen molar-refractivity contribution in [1.82, 2.24) is 0 Å². The number of carbonyl (C=O) groups is 1.